The van der Waals surface area contributed by atoms with E-state index in [-0.39, 0.29) is 5.91 Å². The summed E-state index contributed by atoms with van der Waals surface area (Å²) in [6.07, 6.45) is 4.19. The molecule has 0 spiro atoms. The maximum absolute atomic E-state index is 12.6. The molecule has 0 aliphatic carbocycles. The number of nitrogens with zero attached hydrogens (tertiary/aromatic N) is 1. The summed E-state index contributed by atoms with van der Waals surface area (Å²) in [5.41, 5.74) is 1.92. The highest BCUT2D eigenvalue weighted by Crippen LogP contribution is 2.32. The van der Waals surface area contributed by atoms with E-state index in [1.54, 1.807) is 36.4 Å². The lowest BCUT2D eigenvalue weighted by molar-refractivity contribution is 0.102. The van der Waals surface area contributed by atoms with E-state index in [1.807, 2.05) is 12.1 Å². The predicted molar refractivity (Wildman–Crippen MR) is 94.1 cm³/mol. The third kappa shape index (κ3) is 3.94. The molecule has 1 aliphatic rings. The van der Waals surface area contributed by atoms with Gasteiger partial charge in [-0.05, 0) is 36.4 Å². The van der Waals surface area contributed by atoms with Gasteiger partial charge < -0.3 is 10.2 Å². The van der Waals surface area contributed by atoms with Crippen LogP contribution in [-0.4, -0.2) is 24.8 Å². The highest BCUT2D eigenvalue weighted by atomic mass is 32.2. The van der Waals surface area contributed by atoms with Crippen LogP contribution in [0.4, 0.5) is 20.2 Å². The van der Waals surface area contributed by atoms with Gasteiger partial charge in [-0.25, -0.2) is 0 Å². The van der Waals surface area contributed by atoms with Gasteiger partial charge in [-0.2, -0.15) is 8.78 Å². The standard InChI is InChI=1S/C18H16F2N2OS/c19-18(20)24-16-6-2-1-5-15(16)21-17(23)13-7-9-14(10-8-13)22-11-3-4-12-22/h1-10,18H,11-12H2,(H,21,23). The van der Waals surface area contributed by atoms with Gasteiger partial charge in [0, 0.05) is 29.2 Å². The third-order valence-corrected chi connectivity index (χ3v) is 4.45. The first kappa shape index (κ1) is 16.5. The second kappa shape index (κ2) is 7.49. The van der Waals surface area contributed by atoms with Crippen LogP contribution in [0.1, 0.15) is 10.4 Å². The van der Waals surface area contributed by atoms with Crippen molar-refractivity contribution in [2.45, 2.75) is 10.7 Å². The van der Waals surface area contributed by atoms with E-state index in [0.717, 1.165) is 18.8 Å². The van der Waals surface area contributed by atoms with Crippen molar-refractivity contribution in [3.63, 3.8) is 0 Å². The lowest BCUT2D eigenvalue weighted by Crippen LogP contribution is -2.18. The van der Waals surface area contributed by atoms with Crippen LogP contribution in [0.15, 0.2) is 65.6 Å². The Hall–Kier alpha value is -2.34. The van der Waals surface area contributed by atoms with Crippen LogP contribution in [0, 0.1) is 0 Å². The van der Waals surface area contributed by atoms with E-state index in [0.29, 0.717) is 27.9 Å². The number of thioether (sulfide) groups is 1. The lowest BCUT2D eigenvalue weighted by atomic mass is 10.1. The number of carbonyl (C=O) groups excluding carboxylic acids is 1. The molecule has 0 fully saturated rings. The average molecular weight is 346 g/mol. The van der Waals surface area contributed by atoms with Crippen LogP contribution in [-0.2, 0) is 0 Å². The number of benzene rings is 2. The van der Waals surface area contributed by atoms with Crippen molar-refractivity contribution in [3.8, 4) is 0 Å². The Morgan fingerprint density at radius 2 is 1.71 bits per heavy atom. The molecule has 124 valence electrons. The summed E-state index contributed by atoms with van der Waals surface area (Å²) in [6, 6.07) is 13.8. The maximum Gasteiger partial charge on any atom is 0.288 e. The molecular formula is C18H16F2N2OS. The Balaban J connectivity index is 1.71. The number of alkyl halides is 2. The van der Waals surface area contributed by atoms with Gasteiger partial charge in [0.15, 0.2) is 0 Å². The summed E-state index contributed by atoms with van der Waals surface area (Å²) >= 11 is 0.420. The Labute approximate surface area is 143 Å². The topological polar surface area (TPSA) is 32.3 Å². The zero-order valence-electron chi connectivity index (χ0n) is 12.8. The molecule has 2 aromatic carbocycles. The molecule has 2 aromatic rings. The van der Waals surface area contributed by atoms with Crippen molar-refractivity contribution in [2.24, 2.45) is 0 Å². The van der Waals surface area contributed by atoms with E-state index in [4.69, 9.17) is 0 Å². The summed E-state index contributed by atoms with van der Waals surface area (Å²) in [6.45, 7) is 1.73. The number of carbonyl (C=O) groups is 1. The van der Waals surface area contributed by atoms with Crippen molar-refractivity contribution < 1.29 is 13.6 Å². The van der Waals surface area contributed by atoms with E-state index < -0.39 is 5.76 Å². The SMILES string of the molecule is O=C(Nc1ccccc1SC(F)F)c1ccc(N2CC=CC2)cc1. The molecule has 0 radical (unpaired) electrons. The number of nitrogens with one attached hydrogen (secondary N) is 1. The highest BCUT2D eigenvalue weighted by molar-refractivity contribution is 7.99. The molecule has 3 rings (SSSR count). The minimum absolute atomic E-state index is 0.316. The molecule has 0 unspecified atom stereocenters. The Kier molecular flexibility index (Phi) is 5.15. The smallest absolute Gasteiger partial charge is 0.288 e. The fourth-order valence-electron chi connectivity index (χ4n) is 2.48. The van der Waals surface area contributed by atoms with Crippen molar-refractivity contribution >= 4 is 29.0 Å². The van der Waals surface area contributed by atoms with Gasteiger partial charge in [0.25, 0.3) is 11.7 Å². The molecule has 1 aliphatic heterocycles. The van der Waals surface area contributed by atoms with Crippen molar-refractivity contribution in [1.29, 1.82) is 0 Å². The summed E-state index contributed by atoms with van der Waals surface area (Å²) in [7, 11) is 0. The first-order chi connectivity index (χ1) is 11.6. The quantitative estimate of drug-likeness (QED) is 0.633. The maximum atomic E-state index is 12.6. The van der Waals surface area contributed by atoms with E-state index >= 15 is 0 Å². The van der Waals surface area contributed by atoms with Gasteiger partial charge in [-0.1, -0.05) is 36.0 Å². The number of hydrogen-bond donors (Lipinski definition) is 1. The highest BCUT2D eigenvalue weighted by Gasteiger charge is 2.13. The Morgan fingerprint density at radius 3 is 2.38 bits per heavy atom. The van der Waals surface area contributed by atoms with Crippen molar-refractivity contribution in [2.75, 3.05) is 23.3 Å². The van der Waals surface area contributed by atoms with Gasteiger partial charge in [0.1, 0.15) is 0 Å². The van der Waals surface area contributed by atoms with Crippen LogP contribution in [0.5, 0.6) is 0 Å². The Morgan fingerprint density at radius 1 is 1.04 bits per heavy atom. The third-order valence-electron chi connectivity index (χ3n) is 3.66. The zero-order chi connectivity index (χ0) is 16.9. The van der Waals surface area contributed by atoms with Gasteiger partial charge in [-0.15, -0.1) is 0 Å². The number of amides is 1. The molecule has 0 saturated carbocycles. The monoisotopic (exact) mass is 346 g/mol. The van der Waals surface area contributed by atoms with E-state index in [9.17, 15) is 13.6 Å². The fourth-order valence-corrected chi connectivity index (χ4v) is 3.07. The van der Waals surface area contributed by atoms with Crippen molar-refractivity contribution in [3.05, 3.63) is 66.2 Å². The summed E-state index contributed by atoms with van der Waals surface area (Å²) in [5.74, 6) is -2.85. The van der Waals surface area contributed by atoms with Crippen molar-refractivity contribution in [1.82, 2.24) is 0 Å². The Bertz CT molecular complexity index is 739. The van der Waals surface area contributed by atoms with Gasteiger partial charge >= 0.3 is 0 Å². The molecule has 3 nitrogen and oxygen atoms in total. The molecule has 0 aromatic heterocycles. The largest absolute Gasteiger partial charge is 0.364 e. The fraction of sp³-hybridized carbons (Fsp3) is 0.167. The molecule has 0 saturated heterocycles. The lowest BCUT2D eigenvalue weighted by Gasteiger charge is -2.17. The minimum Gasteiger partial charge on any atom is -0.364 e. The van der Waals surface area contributed by atoms with E-state index in [1.165, 1.54) is 0 Å². The van der Waals surface area contributed by atoms with Gasteiger partial charge in [0.2, 0.25) is 0 Å². The molecule has 1 heterocycles. The van der Waals surface area contributed by atoms with Gasteiger partial charge in [-0.3, -0.25) is 4.79 Å². The molecule has 1 amide bonds. The van der Waals surface area contributed by atoms with Crippen LogP contribution >= 0.6 is 11.8 Å². The molecule has 24 heavy (non-hydrogen) atoms. The minimum atomic E-state index is -2.53. The second-order valence-electron chi connectivity index (χ2n) is 5.25. The van der Waals surface area contributed by atoms with Crippen LogP contribution in [0.25, 0.3) is 0 Å². The van der Waals surface area contributed by atoms with Crippen LogP contribution in [0.2, 0.25) is 0 Å². The molecule has 0 bridgehead atoms. The average Bonchev–Trinajstić information content (AvgIpc) is 3.11. The first-order valence-electron chi connectivity index (χ1n) is 7.48. The zero-order valence-corrected chi connectivity index (χ0v) is 13.6. The number of anilines is 2. The number of rotatable bonds is 5. The number of para-hydroxylation sites is 1. The normalized spacial score (nSPS) is 13.5. The van der Waals surface area contributed by atoms with Gasteiger partial charge in [0.05, 0.1) is 5.69 Å². The second-order valence-corrected chi connectivity index (χ2v) is 6.28. The molecule has 1 N–H and O–H groups in total. The van der Waals surface area contributed by atoms with E-state index in [2.05, 4.69) is 22.4 Å². The number of hydrogen-bond acceptors (Lipinski definition) is 3. The molecule has 0 atom stereocenters. The molecule has 6 heteroatoms. The van der Waals surface area contributed by atoms with Crippen LogP contribution in [0.3, 0.4) is 0 Å². The summed E-state index contributed by atoms with van der Waals surface area (Å²) in [5, 5.41) is 2.70. The predicted octanol–water partition coefficient (Wildman–Crippen LogP) is 4.63. The van der Waals surface area contributed by atoms with Crippen LogP contribution < -0.4 is 10.2 Å². The summed E-state index contributed by atoms with van der Waals surface area (Å²) in [4.78, 5) is 14.9. The number of halogens is 2. The summed E-state index contributed by atoms with van der Waals surface area (Å²) < 4.78 is 25.2. The molecular weight excluding hydrogens is 330 g/mol. The first-order valence-corrected chi connectivity index (χ1v) is 8.36.